The molecular weight excluding hydrogens is 453 g/mol. The van der Waals surface area contributed by atoms with Crippen molar-refractivity contribution in [3.05, 3.63) is 72.8 Å². The van der Waals surface area contributed by atoms with Crippen LogP contribution in [0.5, 0.6) is 0 Å². The zero-order valence-electron chi connectivity index (χ0n) is 22.0. The van der Waals surface area contributed by atoms with E-state index in [-0.39, 0.29) is 7.92 Å². The second-order valence-electron chi connectivity index (χ2n) is 11.3. The molecule has 0 radical (unpaired) electrons. The molecule has 0 spiro atoms. The Morgan fingerprint density at radius 1 is 0.611 bits per heavy atom. The van der Waals surface area contributed by atoms with Gasteiger partial charge in [0.2, 0.25) is 0 Å². The van der Waals surface area contributed by atoms with Crippen LogP contribution in [-0.4, -0.2) is 25.4 Å². The van der Waals surface area contributed by atoms with E-state index >= 15 is 0 Å². The summed E-state index contributed by atoms with van der Waals surface area (Å²) < 4.78 is 0. The largest absolute Gasteiger partial charge is 0.377 e. The molecule has 0 aliphatic heterocycles. The van der Waals surface area contributed by atoms with Gasteiger partial charge < -0.3 is 4.90 Å². The minimum absolute atomic E-state index is 0.260. The van der Waals surface area contributed by atoms with Gasteiger partial charge in [-0.05, 0) is 75.7 Å². The highest BCUT2D eigenvalue weighted by molar-refractivity contribution is 7.67. The van der Waals surface area contributed by atoms with E-state index < -0.39 is 0 Å². The molecule has 0 amide bonds. The summed E-state index contributed by atoms with van der Waals surface area (Å²) in [6.45, 7) is 0. The molecule has 4 aromatic rings. The summed E-state index contributed by atoms with van der Waals surface area (Å²) in [6.07, 6.45) is 14.3. The molecule has 2 fully saturated rings. The Labute approximate surface area is 218 Å². The average Bonchev–Trinajstić information content (AvgIpc) is 2.93. The zero-order valence-corrected chi connectivity index (χ0v) is 22.9. The van der Waals surface area contributed by atoms with Crippen molar-refractivity contribution in [3.8, 4) is 11.1 Å². The summed E-state index contributed by atoms with van der Waals surface area (Å²) in [5.74, 6) is 0. The Morgan fingerprint density at radius 3 is 1.81 bits per heavy atom. The lowest BCUT2D eigenvalue weighted by atomic mass is 9.93. The van der Waals surface area contributed by atoms with E-state index in [1.807, 2.05) is 0 Å². The third-order valence-electron chi connectivity index (χ3n) is 8.74. The lowest BCUT2D eigenvalue weighted by Crippen LogP contribution is -2.30. The molecular formula is C34H40NP. The molecule has 36 heavy (non-hydrogen) atoms. The van der Waals surface area contributed by atoms with Crippen LogP contribution < -0.4 is 10.2 Å². The first-order chi connectivity index (χ1) is 17.7. The molecule has 0 atom stereocenters. The van der Waals surface area contributed by atoms with E-state index in [1.54, 1.807) is 5.30 Å². The van der Waals surface area contributed by atoms with Gasteiger partial charge in [0, 0.05) is 25.1 Å². The Kier molecular flexibility index (Phi) is 7.03. The number of rotatable bonds is 5. The maximum atomic E-state index is 2.51. The molecule has 2 saturated carbocycles. The van der Waals surface area contributed by atoms with Crippen LogP contribution in [0.3, 0.4) is 0 Å². The summed E-state index contributed by atoms with van der Waals surface area (Å²) in [6, 6.07) is 27.7. The van der Waals surface area contributed by atoms with Gasteiger partial charge in [-0.15, -0.1) is 0 Å². The number of nitrogens with zero attached hydrogens (tertiary/aromatic N) is 1. The van der Waals surface area contributed by atoms with Gasteiger partial charge in [0.1, 0.15) is 0 Å². The van der Waals surface area contributed by atoms with Crippen LogP contribution in [0.4, 0.5) is 5.69 Å². The van der Waals surface area contributed by atoms with Gasteiger partial charge in [-0.25, -0.2) is 0 Å². The molecule has 0 bridgehead atoms. The number of fused-ring (bicyclic) bond motifs is 2. The van der Waals surface area contributed by atoms with Crippen molar-refractivity contribution in [2.24, 2.45) is 0 Å². The fraction of sp³-hybridized carbons (Fsp3) is 0.412. The van der Waals surface area contributed by atoms with Crippen LogP contribution in [0, 0.1) is 0 Å². The highest BCUT2D eigenvalue weighted by atomic mass is 31.1. The average molecular weight is 494 g/mol. The molecule has 1 nitrogen and oxygen atoms in total. The molecule has 0 aromatic heterocycles. The van der Waals surface area contributed by atoms with E-state index in [9.17, 15) is 0 Å². The van der Waals surface area contributed by atoms with Crippen molar-refractivity contribution < 1.29 is 0 Å². The molecule has 2 heteroatoms. The lowest BCUT2D eigenvalue weighted by Gasteiger charge is -2.41. The summed E-state index contributed by atoms with van der Waals surface area (Å²) >= 11 is 0. The minimum Gasteiger partial charge on any atom is -0.377 e. The fourth-order valence-corrected chi connectivity index (χ4v) is 11.2. The van der Waals surface area contributed by atoms with Crippen molar-refractivity contribution >= 4 is 40.5 Å². The van der Waals surface area contributed by atoms with Crippen molar-refractivity contribution in [1.29, 1.82) is 0 Å². The Balaban J connectivity index is 1.70. The van der Waals surface area contributed by atoms with Crippen LogP contribution in [0.2, 0.25) is 0 Å². The SMILES string of the molecule is CN(C)c1cc2ccccc2c(-c2cccc3ccccc23)c1P(C1CCCCC1)C1CCCCC1. The monoisotopic (exact) mass is 493 g/mol. The minimum atomic E-state index is -0.260. The maximum absolute atomic E-state index is 2.51. The molecule has 0 heterocycles. The molecule has 0 unspecified atom stereocenters. The van der Waals surface area contributed by atoms with E-state index in [4.69, 9.17) is 0 Å². The van der Waals surface area contributed by atoms with Crippen molar-refractivity contribution in [3.63, 3.8) is 0 Å². The van der Waals surface area contributed by atoms with Crippen LogP contribution in [0.15, 0.2) is 72.8 Å². The topological polar surface area (TPSA) is 3.24 Å². The molecule has 0 N–H and O–H groups in total. The maximum Gasteiger partial charge on any atom is 0.0452 e. The smallest absolute Gasteiger partial charge is 0.0452 e. The number of anilines is 1. The zero-order chi connectivity index (χ0) is 24.5. The highest BCUT2D eigenvalue weighted by Gasteiger charge is 2.36. The first kappa shape index (κ1) is 24.0. The van der Waals surface area contributed by atoms with Gasteiger partial charge in [0.25, 0.3) is 0 Å². The Bertz CT molecular complexity index is 1320. The van der Waals surface area contributed by atoms with Crippen LogP contribution in [0.1, 0.15) is 64.2 Å². The lowest BCUT2D eigenvalue weighted by molar-refractivity contribution is 0.487. The van der Waals surface area contributed by atoms with Crippen molar-refractivity contribution in [1.82, 2.24) is 0 Å². The number of hydrogen-bond acceptors (Lipinski definition) is 1. The molecule has 2 aliphatic carbocycles. The summed E-state index contributed by atoms with van der Waals surface area (Å²) in [4.78, 5) is 2.43. The van der Waals surface area contributed by atoms with E-state index in [0.29, 0.717) is 0 Å². The summed E-state index contributed by atoms with van der Waals surface area (Å²) in [5, 5.41) is 7.26. The molecule has 4 aromatic carbocycles. The second-order valence-corrected chi connectivity index (χ2v) is 14.0. The van der Waals surface area contributed by atoms with Gasteiger partial charge >= 0.3 is 0 Å². The van der Waals surface area contributed by atoms with Crippen molar-refractivity contribution in [2.75, 3.05) is 19.0 Å². The first-order valence-electron chi connectivity index (χ1n) is 14.2. The number of hydrogen-bond donors (Lipinski definition) is 0. The van der Waals surface area contributed by atoms with Gasteiger partial charge in [0.05, 0.1) is 0 Å². The highest BCUT2D eigenvalue weighted by Crippen LogP contribution is 2.58. The van der Waals surface area contributed by atoms with Gasteiger partial charge in [-0.1, -0.05) is 113 Å². The molecule has 0 saturated heterocycles. The van der Waals surface area contributed by atoms with E-state index in [0.717, 1.165) is 11.3 Å². The van der Waals surface area contributed by atoms with Gasteiger partial charge in [-0.3, -0.25) is 0 Å². The molecule has 186 valence electrons. The quantitative estimate of drug-likeness (QED) is 0.250. The molecule has 6 rings (SSSR count). The molecule has 2 aliphatic rings. The predicted molar refractivity (Wildman–Crippen MR) is 162 cm³/mol. The van der Waals surface area contributed by atoms with Crippen molar-refractivity contribution in [2.45, 2.75) is 75.5 Å². The first-order valence-corrected chi connectivity index (χ1v) is 15.7. The van der Waals surface area contributed by atoms with E-state index in [2.05, 4.69) is 91.8 Å². The van der Waals surface area contributed by atoms with Gasteiger partial charge in [0.15, 0.2) is 0 Å². The Morgan fingerprint density at radius 2 is 1.17 bits per heavy atom. The van der Waals surface area contributed by atoms with Crippen LogP contribution >= 0.6 is 7.92 Å². The van der Waals surface area contributed by atoms with Crippen LogP contribution in [0.25, 0.3) is 32.7 Å². The van der Waals surface area contributed by atoms with Gasteiger partial charge in [-0.2, -0.15) is 0 Å². The normalized spacial score (nSPS) is 17.8. The fourth-order valence-electron chi connectivity index (χ4n) is 7.02. The third kappa shape index (κ3) is 4.45. The predicted octanol–water partition coefficient (Wildman–Crippen LogP) is 9.50. The standard InChI is InChI=1S/C34H40NP/c1-35(2)32-24-26-15-10-12-22-30(26)33(31-23-13-16-25-14-9-11-21-29(25)31)34(32)36(27-17-5-3-6-18-27)28-19-7-4-8-20-28/h9-16,21-24,27-28H,3-8,17-20H2,1-2H3. The van der Waals surface area contributed by atoms with Crippen LogP contribution in [-0.2, 0) is 0 Å². The number of benzene rings is 4. The summed E-state index contributed by atoms with van der Waals surface area (Å²) in [5.41, 5.74) is 6.17. The van der Waals surface area contributed by atoms with E-state index in [1.165, 1.54) is 103 Å². The third-order valence-corrected chi connectivity index (χ3v) is 12.3. The Hall–Kier alpha value is -2.37. The second kappa shape index (κ2) is 10.5. The summed E-state index contributed by atoms with van der Waals surface area (Å²) in [7, 11) is 4.29.